The molecule has 0 fully saturated rings. The number of carbonyl (C=O) groups excluding carboxylic acids is 1. The van der Waals surface area contributed by atoms with E-state index in [1.54, 1.807) is 6.26 Å². The fourth-order valence-electron chi connectivity index (χ4n) is 1.07. The van der Waals surface area contributed by atoms with E-state index in [1.807, 2.05) is 19.1 Å². The predicted molar refractivity (Wildman–Crippen MR) is 50.3 cm³/mol. The summed E-state index contributed by atoms with van der Waals surface area (Å²) in [5, 5.41) is 2.81. The standard InChI is InChI=1S/C10H15NO2/c1-2-10(12)11-7-3-5-9-6-4-8-13-9/h4,6,8H,2-3,5,7H2,1H3,(H,11,12). The Bertz CT molecular complexity index is 241. The van der Waals surface area contributed by atoms with E-state index in [4.69, 9.17) is 4.42 Å². The number of carbonyl (C=O) groups is 1. The third-order valence-corrected chi connectivity index (χ3v) is 1.82. The highest BCUT2D eigenvalue weighted by Crippen LogP contribution is 2.02. The normalized spacial score (nSPS) is 9.92. The minimum atomic E-state index is 0.111. The number of aryl methyl sites for hydroxylation is 1. The van der Waals surface area contributed by atoms with Crippen LogP contribution in [0.3, 0.4) is 0 Å². The first kappa shape index (κ1) is 9.84. The van der Waals surface area contributed by atoms with Gasteiger partial charge in [-0.25, -0.2) is 0 Å². The Kier molecular flexibility index (Phi) is 4.09. The summed E-state index contributed by atoms with van der Waals surface area (Å²) in [6.45, 7) is 2.58. The molecule has 0 saturated carbocycles. The summed E-state index contributed by atoms with van der Waals surface area (Å²) in [6.07, 6.45) is 4.04. The van der Waals surface area contributed by atoms with Crippen molar-refractivity contribution in [2.24, 2.45) is 0 Å². The molecule has 1 amide bonds. The highest BCUT2D eigenvalue weighted by atomic mass is 16.3. The Labute approximate surface area is 78.1 Å². The average Bonchev–Trinajstić information content (AvgIpc) is 2.64. The molecular weight excluding hydrogens is 166 g/mol. The fourth-order valence-corrected chi connectivity index (χ4v) is 1.07. The number of hydrogen-bond donors (Lipinski definition) is 1. The number of hydrogen-bond acceptors (Lipinski definition) is 2. The SMILES string of the molecule is CCC(=O)NCCCc1ccco1. The zero-order chi connectivity index (χ0) is 9.52. The zero-order valence-electron chi connectivity index (χ0n) is 7.88. The molecule has 3 heteroatoms. The van der Waals surface area contributed by atoms with Gasteiger partial charge in [0.2, 0.25) is 5.91 Å². The monoisotopic (exact) mass is 181 g/mol. The van der Waals surface area contributed by atoms with E-state index in [-0.39, 0.29) is 5.91 Å². The molecule has 3 nitrogen and oxygen atoms in total. The second kappa shape index (κ2) is 5.41. The lowest BCUT2D eigenvalue weighted by atomic mass is 10.2. The molecule has 1 rings (SSSR count). The minimum absolute atomic E-state index is 0.111. The van der Waals surface area contributed by atoms with Crippen molar-refractivity contribution in [1.82, 2.24) is 5.32 Å². The van der Waals surface area contributed by atoms with Gasteiger partial charge < -0.3 is 9.73 Å². The molecule has 1 N–H and O–H groups in total. The molecule has 0 atom stereocenters. The summed E-state index contributed by atoms with van der Waals surface area (Å²) in [7, 11) is 0. The average molecular weight is 181 g/mol. The molecular formula is C10H15NO2. The molecule has 0 aromatic carbocycles. The van der Waals surface area contributed by atoms with Crippen molar-refractivity contribution in [1.29, 1.82) is 0 Å². The summed E-state index contributed by atoms with van der Waals surface area (Å²) in [5.74, 6) is 1.09. The van der Waals surface area contributed by atoms with Gasteiger partial charge in [0.05, 0.1) is 6.26 Å². The van der Waals surface area contributed by atoms with Gasteiger partial charge in [-0.05, 0) is 18.6 Å². The first-order chi connectivity index (χ1) is 6.33. The van der Waals surface area contributed by atoms with Crippen LogP contribution in [-0.4, -0.2) is 12.5 Å². The highest BCUT2D eigenvalue weighted by Gasteiger charge is 1.97. The Balaban J connectivity index is 2.05. The zero-order valence-corrected chi connectivity index (χ0v) is 7.88. The Morgan fingerprint density at radius 1 is 1.62 bits per heavy atom. The first-order valence-corrected chi connectivity index (χ1v) is 4.62. The van der Waals surface area contributed by atoms with E-state index in [1.165, 1.54) is 0 Å². The van der Waals surface area contributed by atoms with Crippen molar-refractivity contribution in [2.45, 2.75) is 26.2 Å². The molecule has 0 aliphatic heterocycles. The van der Waals surface area contributed by atoms with E-state index in [2.05, 4.69) is 5.32 Å². The maximum absolute atomic E-state index is 10.8. The number of amides is 1. The second-order valence-corrected chi connectivity index (χ2v) is 2.89. The summed E-state index contributed by atoms with van der Waals surface area (Å²) in [6, 6.07) is 3.82. The highest BCUT2D eigenvalue weighted by molar-refractivity contribution is 5.75. The third kappa shape index (κ3) is 3.78. The maximum atomic E-state index is 10.8. The number of furan rings is 1. The molecule has 72 valence electrons. The van der Waals surface area contributed by atoms with Crippen molar-refractivity contribution in [3.05, 3.63) is 24.2 Å². The quantitative estimate of drug-likeness (QED) is 0.703. The largest absolute Gasteiger partial charge is 0.469 e. The van der Waals surface area contributed by atoms with E-state index in [9.17, 15) is 4.79 Å². The Morgan fingerprint density at radius 3 is 3.08 bits per heavy atom. The van der Waals surface area contributed by atoms with Crippen LogP contribution in [0.2, 0.25) is 0 Å². The summed E-state index contributed by atoms with van der Waals surface area (Å²) >= 11 is 0. The lowest BCUT2D eigenvalue weighted by Gasteiger charge is -2.01. The van der Waals surface area contributed by atoms with E-state index in [0.717, 1.165) is 25.1 Å². The first-order valence-electron chi connectivity index (χ1n) is 4.62. The van der Waals surface area contributed by atoms with Crippen molar-refractivity contribution in [3.8, 4) is 0 Å². The molecule has 0 aliphatic carbocycles. The molecule has 0 spiro atoms. The lowest BCUT2D eigenvalue weighted by Crippen LogP contribution is -2.23. The Hall–Kier alpha value is -1.25. The van der Waals surface area contributed by atoms with E-state index < -0.39 is 0 Å². The van der Waals surface area contributed by atoms with Gasteiger partial charge in [0, 0.05) is 19.4 Å². The number of nitrogens with one attached hydrogen (secondary N) is 1. The third-order valence-electron chi connectivity index (χ3n) is 1.82. The van der Waals surface area contributed by atoms with Crippen LogP contribution in [0.4, 0.5) is 0 Å². The molecule has 0 bridgehead atoms. The molecule has 13 heavy (non-hydrogen) atoms. The smallest absolute Gasteiger partial charge is 0.219 e. The van der Waals surface area contributed by atoms with Gasteiger partial charge in [-0.3, -0.25) is 4.79 Å². The molecule has 0 saturated heterocycles. The second-order valence-electron chi connectivity index (χ2n) is 2.89. The summed E-state index contributed by atoms with van der Waals surface area (Å²) < 4.78 is 5.15. The molecule has 0 unspecified atom stereocenters. The predicted octanol–water partition coefficient (Wildman–Crippen LogP) is 1.74. The van der Waals surface area contributed by atoms with Gasteiger partial charge in [-0.2, -0.15) is 0 Å². The van der Waals surface area contributed by atoms with Crippen LogP contribution in [0.15, 0.2) is 22.8 Å². The van der Waals surface area contributed by atoms with Crippen molar-refractivity contribution in [3.63, 3.8) is 0 Å². The van der Waals surface area contributed by atoms with Crippen LogP contribution in [0.5, 0.6) is 0 Å². The molecule has 1 heterocycles. The Morgan fingerprint density at radius 2 is 2.46 bits per heavy atom. The summed E-state index contributed by atoms with van der Waals surface area (Å²) in [5.41, 5.74) is 0. The lowest BCUT2D eigenvalue weighted by molar-refractivity contribution is -0.120. The van der Waals surface area contributed by atoms with E-state index >= 15 is 0 Å². The molecule has 0 radical (unpaired) electrons. The van der Waals surface area contributed by atoms with Gasteiger partial charge in [0.25, 0.3) is 0 Å². The van der Waals surface area contributed by atoms with Crippen LogP contribution in [0.1, 0.15) is 25.5 Å². The summed E-state index contributed by atoms with van der Waals surface area (Å²) in [4.78, 5) is 10.8. The van der Waals surface area contributed by atoms with Gasteiger partial charge in [-0.1, -0.05) is 6.92 Å². The topological polar surface area (TPSA) is 42.2 Å². The van der Waals surface area contributed by atoms with Crippen LogP contribution >= 0.6 is 0 Å². The number of rotatable bonds is 5. The van der Waals surface area contributed by atoms with Crippen LogP contribution in [-0.2, 0) is 11.2 Å². The van der Waals surface area contributed by atoms with Crippen molar-refractivity contribution < 1.29 is 9.21 Å². The van der Waals surface area contributed by atoms with Gasteiger partial charge in [0.1, 0.15) is 5.76 Å². The molecule has 1 aromatic heterocycles. The van der Waals surface area contributed by atoms with Gasteiger partial charge in [-0.15, -0.1) is 0 Å². The molecule has 1 aromatic rings. The van der Waals surface area contributed by atoms with E-state index in [0.29, 0.717) is 6.42 Å². The van der Waals surface area contributed by atoms with Crippen molar-refractivity contribution >= 4 is 5.91 Å². The van der Waals surface area contributed by atoms with Crippen LogP contribution < -0.4 is 5.32 Å². The fraction of sp³-hybridized carbons (Fsp3) is 0.500. The maximum Gasteiger partial charge on any atom is 0.219 e. The molecule has 0 aliphatic rings. The van der Waals surface area contributed by atoms with Gasteiger partial charge >= 0.3 is 0 Å². The van der Waals surface area contributed by atoms with Crippen LogP contribution in [0.25, 0.3) is 0 Å². The minimum Gasteiger partial charge on any atom is -0.469 e. The van der Waals surface area contributed by atoms with Gasteiger partial charge in [0.15, 0.2) is 0 Å². The van der Waals surface area contributed by atoms with Crippen LogP contribution in [0, 0.1) is 0 Å². The van der Waals surface area contributed by atoms with Crippen molar-refractivity contribution in [2.75, 3.05) is 6.54 Å².